The van der Waals surface area contributed by atoms with E-state index in [1.54, 1.807) is 30.3 Å². The monoisotopic (exact) mass is 287 g/mol. The molecule has 102 valence electrons. The fourth-order valence-electron chi connectivity index (χ4n) is 1.76. The molecule has 2 aromatic rings. The molecular formula is C14H13N3O2S. The first-order chi connectivity index (χ1) is 9.54. The topological polar surface area (TPSA) is 74.1 Å². The van der Waals surface area contributed by atoms with E-state index in [2.05, 4.69) is 4.98 Å². The number of nitriles is 1. The molecule has 0 saturated heterocycles. The smallest absolute Gasteiger partial charge is 0.244 e. The lowest BCUT2D eigenvalue weighted by Gasteiger charge is -2.17. The van der Waals surface area contributed by atoms with E-state index < -0.39 is 10.0 Å². The van der Waals surface area contributed by atoms with Crippen molar-refractivity contribution in [3.63, 3.8) is 0 Å². The number of sulfonamides is 1. The normalized spacial score (nSPS) is 11.2. The van der Waals surface area contributed by atoms with Crippen molar-refractivity contribution < 1.29 is 8.42 Å². The number of hydrogen-bond donors (Lipinski definition) is 0. The molecule has 0 spiro atoms. The predicted molar refractivity (Wildman–Crippen MR) is 74.0 cm³/mol. The fourth-order valence-corrected chi connectivity index (χ4v) is 2.88. The van der Waals surface area contributed by atoms with Crippen LogP contribution in [-0.2, 0) is 16.6 Å². The van der Waals surface area contributed by atoms with Gasteiger partial charge < -0.3 is 0 Å². The molecule has 0 fully saturated rings. The lowest BCUT2D eigenvalue weighted by atomic mass is 10.1. The molecule has 0 aliphatic rings. The molecule has 20 heavy (non-hydrogen) atoms. The summed E-state index contributed by atoms with van der Waals surface area (Å²) in [6.45, 7) is 0.201. The van der Waals surface area contributed by atoms with E-state index in [0.717, 1.165) is 5.56 Å². The summed E-state index contributed by atoms with van der Waals surface area (Å²) in [5.41, 5.74) is 1.27. The Balaban J connectivity index is 2.24. The van der Waals surface area contributed by atoms with Gasteiger partial charge in [-0.1, -0.05) is 12.1 Å². The van der Waals surface area contributed by atoms with Crippen LogP contribution in [0, 0.1) is 11.3 Å². The lowest BCUT2D eigenvalue weighted by Crippen LogP contribution is -2.26. The Bertz CT molecular complexity index is 737. The highest BCUT2D eigenvalue weighted by Gasteiger charge is 2.20. The largest absolute Gasteiger partial charge is 0.263 e. The van der Waals surface area contributed by atoms with Crippen molar-refractivity contribution in [3.8, 4) is 6.07 Å². The van der Waals surface area contributed by atoms with E-state index in [-0.39, 0.29) is 11.4 Å². The van der Waals surface area contributed by atoms with Gasteiger partial charge in [-0.15, -0.1) is 0 Å². The maximum Gasteiger partial charge on any atom is 0.244 e. The Kier molecular flexibility index (Phi) is 4.13. The van der Waals surface area contributed by atoms with Crippen LogP contribution >= 0.6 is 0 Å². The molecule has 0 amide bonds. The van der Waals surface area contributed by atoms with E-state index in [1.165, 1.54) is 29.8 Å². The highest BCUT2D eigenvalue weighted by Crippen LogP contribution is 2.16. The maximum absolute atomic E-state index is 12.3. The first-order valence-corrected chi connectivity index (χ1v) is 7.33. The van der Waals surface area contributed by atoms with Crippen molar-refractivity contribution in [2.45, 2.75) is 11.4 Å². The molecule has 1 aromatic heterocycles. The summed E-state index contributed by atoms with van der Waals surface area (Å²) in [6.07, 6.45) is 2.84. The SMILES string of the molecule is CN(Cc1cccc(C#N)c1)S(=O)(=O)c1cccnc1. The minimum absolute atomic E-state index is 0.152. The van der Waals surface area contributed by atoms with E-state index >= 15 is 0 Å². The summed E-state index contributed by atoms with van der Waals surface area (Å²) in [6, 6.07) is 12.0. The van der Waals surface area contributed by atoms with Crippen LogP contribution in [0.5, 0.6) is 0 Å². The highest BCUT2D eigenvalue weighted by atomic mass is 32.2. The summed E-state index contributed by atoms with van der Waals surface area (Å²) in [4.78, 5) is 3.97. The molecule has 0 N–H and O–H groups in total. The molecule has 5 nitrogen and oxygen atoms in total. The molecule has 0 aliphatic heterocycles. The van der Waals surface area contributed by atoms with Crippen molar-refractivity contribution in [1.82, 2.24) is 9.29 Å². The molecular weight excluding hydrogens is 274 g/mol. The fraction of sp³-hybridized carbons (Fsp3) is 0.143. The summed E-state index contributed by atoms with van der Waals surface area (Å²) in [5, 5.41) is 8.84. The highest BCUT2D eigenvalue weighted by molar-refractivity contribution is 7.89. The average molecular weight is 287 g/mol. The number of benzene rings is 1. The summed E-state index contributed by atoms with van der Waals surface area (Å²) >= 11 is 0. The molecule has 0 radical (unpaired) electrons. The first kappa shape index (κ1) is 14.2. The predicted octanol–water partition coefficient (Wildman–Crippen LogP) is 1.77. The minimum atomic E-state index is -3.57. The number of nitrogens with zero attached hydrogens (tertiary/aromatic N) is 3. The van der Waals surface area contributed by atoms with Crippen LogP contribution in [0.2, 0.25) is 0 Å². The van der Waals surface area contributed by atoms with Crippen LogP contribution in [-0.4, -0.2) is 24.8 Å². The standard InChI is InChI=1S/C14H13N3O2S/c1-17(11-13-5-2-4-12(8-13)9-15)20(18,19)14-6-3-7-16-10-14/h2-8,10H,11H2,1H3. The Labute approximate surface area is 118 Å². The van der Waals surface area contributed by atoms with Crippen LogP contribution < -0.4 is 0 Å². The molecule has 1 aromatic carbocycles. The molecule has 2 rings (SSSR count). The van der Waals surface area contributed by atoms with E-state index in [4.69, 9.17) is 5.26 Å². The van der Waals surface area contributed by atoms with Gasteiger partial charge in [0.05, 0.1) is 11.6 Å². The second-order valence-corrected chi connectivity index (χ2v) is 6.31. The van der Waals surface area contributed by atoms with Gasteiger partial charge in [0.1, 0.15) is 4.90 Å². The van der Waals surface area contributed by atoms with Crippen molar-refractivity contribution in [3.05, 3.63) is 59.9 Å². The van der Waals surface area contributed by atoms with Gasteiger partial charge in [-0.2, -0.15) is 9.57 Å². The molecule has 6 heteroatoms. The molecule has 0 atom stereocenters. The quantitative estimate of drug-likeness (QED) is 0.859. The van der Waals surface area contributed by atoms with Gasteiger partial charge in [0, 0.05) is 26.0 Å². The van der Waals surface area contributed by atoms with Gasteiger partial charge in [0.25, 0.3) is 0 Å². The third-order valence-electron chi connectivity index (χ3n) is 2.80. The average Bonchev–Trinajstić information content (AvgIpc) is 2.48. The second-order valence-electron chi connectivity index (χ2n) is 4.26. The van der Waals surface area contributed by atoms with Crippen LogP contribution in [0.3, 0.4) is 0 Å². The minimum Gasteiger partial charge on any atom is -0.263 e. The van der Waals surface area contributed by atoms with E-state index in [1.807, 2.05) is 6.07 Å². The van der Waals surface area contributed by atoms with Crippen LogP contribution in [0.25, 0.3) is 0 Å². The van der Waals surface area contributed by atoms with Gasteiger partial charge in [-0.05, 0) is 29.8 Å². The van der Waals surface area contributed by atoms with Gasteiger partial charge >= 0.3 is 0 Å². The van der Waals surface area contributed by atoms with Gasteiger partial charge in [-0.3, -0.25) is 4.98 Å². The van der Waals surface area contributed by atoms with Crippen molar-refractivity contribution in [2.75, 3.05) is 7.05 Å². The summed E-state index contributed by atoms with van der Waals surface area (Å²) in [5.74, 6) is 0. The number of hydrogen-bond acceptors (Lipinski definition) is 4. The van der Waals surface area contributed by atoms with Gasteiger partial charge in [0.2, 0.25) is 10.0 Å². The van der Waals surface area contributed by atoms with Crippen LogP contribution in [0.15, 0.2) is 53.7 Å². The molecule has 1 heterocycles. The van der Waals surface area contributed by atoms with Crippen LogP contribution in [0.4, 0.5) is 0 Å². The Morgan fingerprint density at radius 2 is 2.10 bits per heavy atom. The van der Waals surface area contributed by atoms with Crippen molar-refractivity contribution in [1.29, 1.82) is 5.26 Å². The number of pyridine rings is 1. The van der Waals surface area contributed by atoms with Gasteiger partial charge in [-0.25, -0.2) is 8.42 Å². The Hall–Kier alpha value is -2.23. The zero-order valence-corrected chi connectivity index (χ0v) is 11.7. The van der Waals surface area contributed by atoms with E-state index in [9.17, 15) is 8.42 Å². The summed E-state index contributed by atoms with van der Waals surface area (Å²) in [7, 11) is -2.07. The third kappa shape index (κ3) is 3.02. The lowest BCUT2D eigenvalue weighted by molar-refractivity contribution is 0.466. The molecule has 0 saturated carbocycles. The summed E-state index contributed by atoms with van der Waals surface area (Å²) < 4.78 is 25.9. The third-order valence-corrected chi connectivity index (χ3v) is 4.59. The van der Waals surface area contributed by atoms with Crippen LogP contribution in [0.1, 0.15) is 11.1 Å². The molecule has 0 bridgehead atoms. The zero-order valence-electron chi connectivity index (χ0n) is 10.9. The number of aromatic nitrogens is 1. The second kappa shape index (κ2) is 5.82. The Morgan fingerprint density at radius 1 is 1.30 bits per heavy atom. The number of rotatable bonds is 4. The molecule has 0 aliphatic carbocycles. The zero-order chi connectivity index (χ0) is 14.6. The van der Waals surface area contributed by atoms with Gasteiger partial charge in [0.15, 0.2) is 0 Å². The Morgan fingerprint density at radius 3 is 2.75 bits per heavy atom. The maximum atomic E-state index is 12.3. The van der Waals surface area contributed by atoms with Crippen molar-refractivity contribution in [2.24, 2.45) is 0 Å². The first-order valence-electron chi connectivity index (χ1n) is 5.89. The van der Waals surface area contributed by atoms with E-state index in [0.29, 0.717) is 5.56 Å². The molecule has 0 unspecified atom stereocenters. The van der Waals surface area contributed by atoms with Crippen molar-refractivity contribution >= 4 is 10.0 Å².